The zero-order chi connectivity index (χ0) is 14.5. The number of halogens is 1. The van der Waals surface area contributed by atoms with Gasteiger partial charge in [0.2, 0.25) is 0 Å². The normalized spacial score (nSPS) is 10.9. The molecular formula is C13H14ClN3O2S. The van der Waals surface area contributed by atoms with Gasteiger partial charge in [0.1, 0.15) is 10.0 Å². The Morgan fingerprint density at radius 3 is 2.55 bits per heavy atom. The standard InChI is InChI=1S/C13H14ClN3O2S/c1-9-15-16-12(20-9)7-17(8-13(18)19)6-10-2-4-11(14)5-3-10/h2-5H,6-8H2,1H3,(H,18,19). The molecule has 0 unspecified atom stereocenters. The molecule has 7 heteroatoms. The highest BCUT2D eigenvalue weighted by molar-refractivity contribution is 7.11. The lowest BCUT2D eigenvalue weighted by Crippen LogP contribution is -2.28. The molecule has 5 nitrogen and oxygen atoms in total. The number of hydrogen-bond donors (Lipinski definition) is 1. The van der Waals surface area contributed by atoms with Crippen molar-refractivity contribution in [3.63, 3.8) is 0 Å². The van der Waals surface area contributed by atoms with Crippen LogP contribution >= 0.6 is 22.9 Å². The second-order valence-electron chi connectivity index (χ2n) is 4.38. The van der Waals surface area contributed by atoms with Crippen LogP contribution in [0.5, 0.6) is 0 Å². The summed E-state index contributed by atoms with van der Waals surface area (Å²) < 4.78 is 0. The summed E-state index contributed by atoms with van der Waals surface area (Å²) in [6.45, 7) is 2.84. The molecule has 0 bridgehead atoms. The predicted molar refractivity (Wildman–Crippen MR) is 77.8 cm³/mol. The van der Waals surface area contributed by atoms with Crippen LogP contribution in [0.4, 0.5) is 0 Å². The van der Waals surface area contributed by atoms with Gasteiger partial charge in [-0.15, -0.1) is 21.5 Å². The minimum atomic E-state index is -0.861. The van der Waals surface area contributed by atoms with E-state index in [0.29, 0.717) is 18.1 Å². The van der Waals surface area contributed by atoms with Crippen LogP contribution in [-0.4, -0.2) is 32.7 Å². The minimum absolute atomic E-state index is 0.0404. The average molecular weight is 312 g/mol. The predicted octanol–water partition coefficient (Wildman–Crippen LogP) is 2.59. The quantitative estimate of drug-likeness (QED) is 0.888. The molecule has 20 heavy (non-hydrogen) atoms. The van der Waals surface area contributed by atoms with Gasteiger partial charge in [0, 0.05) is 11.6 Å². The van der Waals surface area contributed by atoms with Crippen LogP contribution in [-0.2, 0) is 17.9 Å². The smallest absolute Gasteiger partial charge is 0.317 e. The van der Waals surface area contributed by atoms with Gasteiger partial charge in [0.05, 0.1) is 13.1 Å². The molecule has 106 valence electrons. The van der Waals surface area contributed by atoms with E-state index < -0.39 is 5.97 Å². The first kappa shape index (κ1) is 14.9. The van der Waals surface area contributed by atoms with Crippen molar-refractivity contribution in [2.75, 3.05) is 6.54 Å². The summed E-state index contributed by atoms with van der Waals surface area (Å²) in [5.74, 6) is -0.861. The van der Waals surface area contributed by atoms with Gasteiger partial charge in [-0.1, -0.05) is 23.7 Å². The van der Waals surface area contributed by atoms with Gasteiger partial charge in [0.25, 0.3) is 0 Å². The highest BCUT2D eigenvalue weighted by Gasteiger charge is 2.13. The van der Waals surface area contributed by atoms with E-state index in [-0.39, 0.29) is 6.54 Å². The fraction of sp³-hybridized carbons (Fsp3) is 0.308. The first-order valence-corrected chi connectivity index (χ1v) is 7.20. The zero-order valence-electron chi connectivity index (χ0n) is 10.9. The second-order valence-corrected chi connectivity index (χ2v) is 6.08. The molecule has 2 aromatic rings. The van der Waals surface area contributed by atoms with Crippen molar-refractivity contribution in [2.45, 2.75) is 20.0 Å². The van der Waals surface area contributed by atoms with Gasteiger partial charge in [-0.05, 0) is 24.6 Å². The summed E-state index contributed by atoms with van der Waals surface area (Å²) in [6.07, 6.45) is 0. The summed E-state index contributed by atoms with van der Waals surface area (Å²) >= 11 is 7.32. The van der Waals surface area contributed by atoms with E-state index in [9.17, 15) is 4.79 Å². The summed E-state index contributed by atoms with van der Waals surface area (Å²) in [6, 6.07) is 7.38. The third-order valence-electron chi connectivity index (χ3n) is 2.61. The van der Waals surface area contributed by atoms with E-state index in [4.69, 9.17) is 16.7 Å². The van der Waals surface area contributed by atoms with E-state index >= 15 is 0 Å². The molecule has 0 spiro atoms. The fourth-order valence-corrected chi connectivity index (χ4v) is 2.68. The molecule has 1 aromatic carbocycles. The van der Waals surface area contributed by atoms with Crippen molar-refractivity contribution in [1.29, 1.82) is 0 Å². The summed E-state index contributed by atoms with van der Waals surface area (Å²) in [5.41, 5.74) is 1.01. The number of aliphatic carboxylic acids is 1. The van der Waals surface area contributed by atoms with E-state index in [2.05, 4.69) is 10.2 Å². The van der Waals surface area contributed by atoms with Gasteiger partial charge in [-0.3, -0.25) is 9.69 Å². The van der Waals surface area contributed by atoms with Crippen LogP contribution in [0, 0.1) is 6.92 Å². The maximum absolute atomic E-state index is 11.0. The molecule has 0 aliphatic heterocycles. The van der Waals surface area contributed by atoms with Gasteiger partial charge < -0.3 is 5.11 Å². The van der Waals surface area contributed by atoms with Crippen LogP contribution in [0.3, 0.4) is 0 Å². The molecule has 2 rings (SSSR count). The third kappa shape index (κ3) is 4.56. The number of carboxylic acid groups (broad SMARTS) is 1. The Balaban J connectivity index is 2.06. The number of carbonyl (C=O) groups is 1. The maximum Gasteiger partial charge on any atom is 0.317 e. The number of aromatic nitrogens is 2. The van der Waals surface area contributed by atoms with Crippen LogP contribution in [0.15, 0.2) is 24.3 Å². The van der Waals surface area contributed by atoms with Crippen LogP contribution in [0.25, 0.3) is 0 Å². The minimum Gasteiger partial charge on any atom is -0.480 e. The molecule has 1 aromatic heterocycles. The molecule has 0 aliphatic carbocycles. The molecule has 0 radical (unpaired) electrons. The molecule has 1 N–H and O–H groups in total. The molecule has 1 heterocycles. The molecule has 0 amide bonds. The SMILES string of the molecule is Cc1nnc(CN(CC(=O)O)Cc2ccc(Cl)cc2)s1. The zero-order valence-corrected chi connectivity index (χ0v) is 12.5. The first-order valence-electron chi connectivity index (χ1n) is 6.00. The maximum atomic E-state index is 11.0. The monoisotopic (exact) mass is 311 g/mol. The average Bonchev–Trinajstić information content (AvgIpc) is 2.77. The Bertz CT molecular complexity index is 586. The molecular weight excluding hydrogens is 298 g/mol. The van der Waals surface area contributed by atoms with Gasteiger partial charge in [-0.2, -0.15) is 0 Å². The van der Waals surface area contributed by atoms with Crippen molar-refractivity contribution in [1.82, 2.24) is 15.1 Å². The molecule has 0 atom stereocenters. The topological polar surface area (TPSA) is 66.3 Å². The Hall–Kier alpha value is -1.50. The van der Waals surface area contributed by atoms with Crippen molar-refractivity contribution < 1.29 is 9.90 Å². The molecule has 0 saturated heterocycles. The Morgan fingerprint density at radius 2 is 2.00 bits per heavy atom. The lowest BCUT2D eigenvalue weighted by molar-refractivity contribution is -0.138. The van der Waals surface area contributed by atoms with Gasteiger partial charge in [-0.25, -0.2) is 0 Å². The second kappa shape index (κ2) is 6.78. The Labute approximate surface area is 125 Å². The Kier molecular flexibility index (Phi) is 5.05. The van der Waals surface area contributed by atoms with Crippen LogP contribution in [0.1, 0.15) is 15.6 Å². The van der Waals surface area contributed by atoms with Crippen LogP contribution in [0.2, 0.25) is 5.02 Å². The van der Waals surface area contributed by atoms with Crippen molar-refractivity contribution in [3.8, 4) is 0 Å². The number of aryl methyl sites for hydroxylation is 1. The molecule has 0 aliphatic rings. The highest BCUT2D eigenvalue weighted by Crippen LogP contribution is 2.15. The molecule has 0 saturated carbocycles. The van der Waals surface area contributed by atoms with Crippen LogP contribution < -0.4 is 0 Å². The molecule has 0 fully saturated rings. The van der Waals surface area contributed by atoms with Gasteiger partial charge in [0.15, 0.2) is 0 Å². The van der Waals surface area contributed by atoms with Gasteiger partial charge >= 0.3 is 5.97 Å². The van der Waals surface area contributed by atoms with E-state index in [1.807, 2.05) is 24.0 Å². The van der Waals surface area contributed by atoms with E-state index in [0.717, 1.165) is 15.6 Å². The highest BCUT2D eigenvalue weighted by atomic mass is 35.5. The van der Waals surface area contributed by atoms with E-state index in [1.54, 1.807) is 12.1 Å². The summed E-state index contributed by atoms with van der Waals surface area (Å²) in [5, 5.41) is 19.3. The van der Waals surface area contributed by atoms with Crippen molar-refractivity contribution in [3.05, 3.63) is 44.9 Å². The largest absolute Gasteiger partial charge is 0.480 e. The number of rotatable bonds is 6. The third-order valence-corrected chi connectivity index (χ3v) is 3.68. The summed E-state index contributed by atoms with van der Waals surface area (Å²) in [4.78, 5) is 12.8. The number of carboxylic acids is 1. The first-order chi connectivity index (χ1) is 9.52. The lowest BCUT2D eigenvalue weighted by Gasteiger charge is -2.18. The fourth-order valence-electron chi connectivity index (χ4n) is 1.80. The van der Waals surface area contributed by atoms with Crippen molar-refractivity contribution >= 4 is 28.9 Å². The number of nitrogens with zero attached hydrogens (tertiary/aromatic N) is 3. The number of benzene rings is 1. The Morgan fingerprint density at radius 1 is 1.30 bits per heavy atom. The lowest BCUT2D eigenvalue weighted by atomic mass is 10.2. The van der Waals surface area contributed by atoms with Crippen molar-refractivity contribution in [2.24, 2.45) is 0 Å². The summed E-state index contributed by atoms with van der Waals surface area (Å²) in [7, 11) is 0. The van der Waals surface area contributed by atoms with E-state index in [1.165, 1.54) is 11.3 Å². The number of hydrogen-bond acceptors (Lipinski definition) is 5.